The summed E-state index contributed by atoms with van der Waals surface area (Å²) in [6.07, 6.45) is 9.71. The number of nitrogens with one attached hydrogen (secondary N) is 1. The van der Waals surface area contributed by atoms with Gasteiger partial charge in [0.05, 0.1) is 31.0 Å². The van der Waals surface area contributed by atoms with Gasteiger partial charge in [0.1, 0.15) is 11.4 Å². The van der Waals surface area contributed by atoms with Gasteiger partial charge in [0, 0.05) is 74.6 Å². The van der Waals surface area contributed by atoms with Crippen molar-refractivity contribution < 1.29 is 28.5 Å². The van der Waals surface area contributed by atoms with Gasteiger partial charge < -0.3 is 43.4 Å². The first-order valence-corrected chi connectivity index (χ1v) is 21.9. The molecule has 4 aromatic rings. The fraction of sp³-hybridized carbons (Fsp3) is 0.574. The maximum atomic E-state index is 12.6. The molecule has 2 atom stereocenters. The van der Waals surface area contributed by atoms with Crippen LogP contribution in [0.4, 0.5) is 10.7 Å². The third-order valence-corrected chi connectivity index (χ3v) is 12.5. The number of methoxy groups -OCH3 is 1. The van der Waals surface area contributed by atoms with Gasteiger partial charge in [-0.15, -0.1) is 0 Å². The lowest BCUT2D eigenvalue weighted by molar-refractivity contribution is -0.197. The van der Waals surface area contributed by atoms with Crippen molar-refractivity contribution in [1.82, 2.24) is 24.8 Å². The molecule has 2 unspecified atom stereocenters. The van der Waals surface area contributed by atoms with Gasteiger partial charge in [-0.05, 0) is 109 Å². The molecule has 4 aliphatic rings. The van der Waals surface area contributed by atoms with Gasteiger partial charge in [0.25, 0.3) is 5.56 Å². The average molecular weight is 823 g/mol. The zero-order chi connectivity index (χ0) is 42.1. The summed E-state index contributed by atoms with van der Waals surface area (Å²) in [5.74, 6) is 1.17. The van der Waals surface area contributed by atoms with Gasteiger partial charge in [0.15, 0.2) is 11.9 Å². The van der Waals surface area contributed by atoms with Crippen LogP contribution in [0.2, 0.25) is 0 Å². The quantitative estimate of drug-likeness (QED) is 0.154. The number of hydrogen-bond acceptors (Lipinski definition) is 11. The number of aromatic nitrogens is 3. The Balaban J connectivity index is 1.13. The molecular weight excluding hydrogens is 761 g/mol. The molecule has 0 bridgehead atoms. The van der Waals surface area contributed by atoms with Crippen LogP contribution >= 0.6 is 0 Å². The highest BCUT2D eigenvalue weighted by Gasteiger charge is 2.45. The number of benzene rings is 2. The first kappa shape index (κ1) is 42.1. The van der Waals surface area contributed by atoms with Crippen LogP contribution < -0.4 is 20.5 Å². The third-order valence-electron chi connectivity index (χ3n) is 12.5. The van der Waals surface area contributed by atoms with Crippen LogP contribution in [0.15, 0.2) is 65.6 Å². The fourth-order valence-electron chi connectivity index (χ4n) is 8.90. The molecule has 322 valence electrons. The van der Waals surface area contributed by atoms with E-state index >= 15 is 0 Å². The highest BCUT2D eigenvalue weighted by atomic mass is 16.7. The van der Waals surface area contributed by atoms with Crippen LogP contribution in [0, 0.1) is 0 Å². The fourth-order valence-corrected chi connectivity index (χ4v) is 8.90. The summed E-state index contributed by atoms with van der Waals surface area (Å²) in [4.78, 5) is 41.0. The number of piperidine rings is 2. The maximum absolute atomic E-state index is 12.6. The van der Waals surface area contributed by atoms with E-state index in [1.165, 1.54) is 6.07 Å². The number of rotatable bonds is 12. The number of carbonyl (C=O) groups is 1. The summed E-state index contributed by atoms with van der Waals surface area (Å²) in [6, 6.07) is 18.5. The number of hydrogen-bond donors (Lipinski definition) is 1. The highest BCUT2D eigenvalue weighted by Crippen LogP contribution is 2.44. The van der Waals surface area contributed by atoms with Gasteiger partial charge in [-0.1, -0.05) is 36.4 Å². The molecule has 0 spiro atoms. The first-order valence-electron chi connectivity index (χ1n) is 21.9. The van der Waals surface area contributed by atoms with Crippen LogP contribution in [0.25, 0.3) is 22.0 Å². The van der Waals surface area contributed by atoms with Crippen LogP contribution in [0.3, 0.4) is 0 Å². The number of nitrogens with zero attached hydrogens (tertiary/aromatic N) is 5. The van der Waals surface area contributed by atoms with Crippen molar-refractivity contribution in [2.45, 2.75) is 121 Å². The summed E-state index contributed by atoms with van der Waals surface area (Å²) < 4.78 is 33.0. The minimum atomic E-state index is -1.07. The lowest BCUT2D eigenvalue weighted by atomic mass is 9.87. The molecule has 60 heavy (non-hydrogen) atoms. The molecule has 1 saturated carbocycles. The minimum Gasteiger partial charge on any atom is -0.496 e. The molecule has 1 amide bonds. The second-order valence-electron chi connectivity index (χ2n) is 18.4. The first-order chi connectivity index (χ1) is 28.8. The molecule has 0 radical (unpaired) electrons. The number of likely N-dealkylation sites (tertiary alicyclic amines) is 1. The van der Waals surface area contributed by atoms with Crippen molar-refractivity contribution >= 4 is 22.9 Å². The number of pyridine rings is 1. The second kappa shape index (κ2) is 17.4. The smallest absolute Gasteiger partial charge is 0.408 e. The normalized spacial score (nSPS) is 21.4. The molecule has 13 nitrogen and oxygen atoms in total. The van der Waals surface area contributed by atoms with E-state index in [9.17, 15) is 9.59 Å². The van der Waals surface area contributed by atoms with Crippen LogP contribution in [-0.4, -0.2) is 102 Å². The Hall–Kier alpha value is -4.56. The van der Waals surface area contributed by atoms with E-state index in [-0.39, 0.29) is 36.2 Å². The molecule has 1 aliphatic carbocycles. The van der Waals surface area contributed by atoms with E-state index in [2.05, 4.69) is 40.2 Å². The SMILES string of the molecule is COc1cc(=O)n(C)cc1-c1ccc2nc(N3CCC(N4CCC(C)(NC(=O)OC(C)(C)C)CC4)CC3)nc(C(COC3CCCCO3)(OC3CC3)c3ccccc3)c2c1. The number of alkyl carbamates (subject to hydrolysis) is 1. The van der Waals surface area contributed by atoms with E-state index in [0.29, 0.717) is 24.3 Å². The van der Waals surface area contributed by atoms with Gasteiger partial charge in [-0.3, -0.25) is 4.79 Å². The van der Waals surface area contributed by atoms with Gasteiger partial charge in [-0.25, -0.2) is 14.8 Å². The summed E-state index contributed by atoms with van der Waals surface area (Å²) >= 11 is 0. The number of aryl methyl sites for hydroxylation is 1. The molecule has 3 saturated heterocycles. The van der Waals surface area contributed by atoms with Crippen LogP contribution in [0.1, 0.15) is 96.7 Å². The molecule has 8 rings (SSSR count). The molecule has 5 heterocycles. The Morgan fingerprint density at radius 2 is 1.70 bits per heavy atom. The van der Waals surface area contributed by atoms with Gasteiger partial charge in [0.2, 0.25) is 5.95 Å². The Bertz CT molecular complexity index is 2180. The standard InChI is InChI=1S/C47H62N6O7/c1-45(2,3)60-44(55)50-46(4)21-25-52(26-22-46)34-19-23-53(24-20-34)43-48-38-18-15-32(37-30-51(5)40(54)29-39(37)56-6)28-36(38)42(49-43)47(59-35-16-17-35,33-12-8-7-9-13-33)31-58-41-14-10-11-27-57-41/h7-9,12-13,15,18,28-30,34-35,41H,10-11,14,16-17,19-27,31H2,1-6H3,(H,50,55). The van der Waals surface area contributed by atoms with Gasteiger partial charge in [-0.2, -0.15) is 0 Å². The highest BCUT2D eigenvalue weighted by molar-refractivity contribution is 5.89. The lowest BCUT2D eigenvalue weighted by Crippen LogP contribution is -2.57. The largest absolute Gasteiger partial charge is 0.496 e. The van der Waals surface area contributed by atoms with Crippen molar-refractivity contribution in [3.8, 4) is 16.9 Å². The number of anilines is 1. The van der Waals surface area contributed by atoms with E-state index in [4.69, 9.17) is 33.7 Å². The molecule has 2 aromatic carbocycles. The summed E-state index contributed by atoms with van der Waals surface area (Å²) in [7, 11) is 3.33. The maximum Gasteiger partial charge on any atom is 0.408 e. The van der Waals surface area contributed by atoms with E-state index in [1.807, 2.05) is 57.3 Å². The zero-order valence-electron chi connectivity index (χ0n) is 36.2. The Kier molecular flexibility index (Phi) is 12.2. The molecule has 1 N–H and O–H groups in total. The third kappa shape index (κ3) is 9.49. The minimum absolute atomic E-state index is 0.0583. The second-order valence-corrected chi connectivity index (χ2v) is 18.4. The van der Waals surface area contributed by atoms with Crippen molar-refractivity contribution in [3.05, 3.63) is 82.4 Å². The van der Waals surface area contributed by atoms with Crippen molar-refractivity contribution in [2.24, 2.45) is 7.05 Å². The molecule has 2 aromatic heterocycles. The molecule has 13 heteroatoms. The van der Waals surface area contributed by atoms with Gasteiger partial charge >= 0.3 is 6.09 Å². The summed E-state index contributed by atoms with van der Waals surface area (Å²) in [6.45, 7) is 12.1. The number of carbonyl (C=O) groups excluding carboxylic acids is 1. The predicted molar refractivity (Wildman–Crippen MR) is 231 cm³/mol. The van der Waals surface area contributed by atoms with Crippen molar-refractivity contribution in [2.75, 3.05) is 51.4 Å². The Morgan fingerprint density at radius 3 is 2.37 bits per heavy atom. The Labute approximate surface area is 353 Å². The predicted octanol–water partition coefficient (Wildman–Crippen LogP) is 7.32. The number of fused-ring (bicyclic) bond motifs is 1. The topological polar surface area (TPSA) is 130 Å². The van der Waals surface area contributed by atoms with E-state index in [1.54, 1.807) is 18.7 Å². The summed E-state index contributed by atoms with van der Waals surface area (Å²) in [5.41, 5.74) is 2.12. The molecular formula is C47H62N6O7. The molecule has 4 fully saturated rings. The lowest BCUT2D eigenvalue weighted by Gasteiger charge is -2.45. The van der Waals surface area contributed by atoms with Crippen molar-refractivity contribution in [1.29, 1.82) is 0 Å². The Morgan fingerprint density at radius 1 is 0.950 bits per heavy atom. The monoisotopic (exact) mass is 822 g/mol. The van der Waals surface area contributed by atoms with Crippen LogP contribution in [-0.2, 0) is 31.6 Å². The number of amides is 1. The molecule has 3 aliphatic heterocycles. The zero-order valence-corrected chi connectivity index (χ0v) is 36.2. The summed E-state index contributed by atoms with van der Waals surface area (Å²) in [5, 5.41) is 4.00. The van der Waals surface area contributed by atoms with Crippen molar-refractivity contribution in [3.63, 3.8) is 0 Å². The van der Waals surface area contributed by atoms with E-state index in [0.717, 1.165) is 117 Å². The van der Waals surface area contributed by atoms with E-state index < -0.39 is 11.2 Å². The average Bonchev–Trinajstić information content (AvgIpc) is 4.07. The van der Waals surface area contributed by atoms with Crippen LogP contribution in [0.5, 0.6) is 5.75 Å². The number of ether oxygens (including phenoxy) is 5.